The molecule has 1 aliphatic heterocycles. The van der Waals surface area contributed by atoms with Crippen molar-refractivity contribution in [1.82, 2.24) is 9.88 Å². The minimum Gasteiger partial charge on any atom is -0.497 e. The normalized spacial score (nSPS) is 14.6. The Kier molecular flexibility index (Phi) is 4.26. The van der Waals surface area contributed by atoms with Crippen molar-refractivity contribution in [3.63, 3.8) is 0 Å². The van der Waals surface area contributed by atoms with Gasteiger partial charge in [-0.25, -0.2) is 4.79 Å². The van der Waals surface area contributed by atoms with Gasteiger partial charge in [-0.15, -0.1) is 0 Å². The van der Waals surface area contributed by atoms with Crippen molar-refractivity contribution in [2.75, 3.05) is 38.2 Å². The molecule has 26 heavy (non-hydrogen) atoms. The first-order valence-electron chi connectivity index (χ1n) is 8.67. The number of anilines is 1. The SMILES string of the molecule is COc1cccc(-n2c(N3CCNCC3)c(C(=O)O)c3ccccc32)c1. The summed E-state index contributed by atoms with van der Waals surface area (Å²) in [7, 11) is 1.63. The predicted molar refractivity (Wildman–Crippen MR) is 102 cm³/mol. The van der Waals surface area contributed by atoms with Crippen molar-refractivity contribution < 1.29 is 14.6 Å². The van der Waals surface area contributed by atoms with E-state index in [0.29, 0.717) is 5.56 Å². The fourth-order valence-corrected chi connectivity index (χ4v) is 3.62. The van der Waals surface area contributed by atoms with Gasteiger partial charge in [0, 0.05) is 37.6 Å². The Morgan fingerprint density at radius 3 is 2.62 bits per heavy atom. The number of nitrogens with one attached hydrogen (secondary N) is 1. The number of piperazine rings is 1. The highest BCUT2D eigenvalue weighted by molar-refractivity contribution is 6.10. The van der Waals surface area contributed by atoms with Crippen molar-refractivity contribution in [2.24, 2.45) is 0 Å². The minimum absolute atomic E-state index is 0.352. The van der Waals surface area contributed by atoms with E-state index < -0.39 is 5.97 Å². The molecule has 4 rings (SSSR count). The van der Waals surface area contributed by atoms with Crippen LogP contribution in [0.25, 0.3) is 16.6 Å². The molecule has 1 saturated heterocycles. The van der Waals surface area contributed by atoms with Crippen LogP contribution in [-0.2, 0) is 0 Å². The van der Waals surface area contributed by atoms with Gasteiger partial charge in [-0.2, -0.15) is 0 Å². The summed E-state index contributed by atoms with van der Waals surface area (Å²) >= 11 is 0. The van der Waals surface area contributed by atoms with E-state index in [0.717, 1.165) is 54.3 Å². The number of carbonyl (C=O) groups is 1. The van der Waals surface area contributed by atoms with Crippen LogP contribution in [0.2, 0.25) is 0 Å². The number of hydrogen-bond donors (Lipinski definition) is 2. The highest BCUT2D eigenvalue weighted by Gasteiger charge is 2.27. The average Bonchev–Trinajstić information content (AvgIpc) is 3.04. The van der Waals surface area contributed by atoms with Gasteiger partial charge in [0.1, 0.15) is 17.1 Å². The van der Waals surface area contributed by atoms with Crippen LogP contribution in [0.5, 0.6) is 5.75 Å². The zero-order chi connectivity index (χ0) is 18.1. The average molecular weight is 351 g/mol. The van der Waals surface area contributed by atoms with E-state index in [1.807, 2.05) is 53.1 Å². The number of aromatic carboxylic acids is 1. The van der Waals surface area contributed by atoms with Gasteiger partial charge in [-0.3, -0.25) is 4.57 Å². The van der Waals surface area contributed by atoms with Gasteiger partial charge in [0.05, 0.1) is 18.3 Å². The first kappa shape index (κ1) is 16.5. The lowest BCUT2D eigenvalue weighted by Gasteiger charge is -2.31. The zero-order valence-electron chi connectivity index (χ0n) is 14.6. The van der Waals surface area contributed by atoms with Crippen LogP contribution in [0, 0.1) is 0 Å². The van der Waals surface area contributed by atoms with E-state index in [1.165, 1.54) is 0 Å². The summed E-state index contributed by atoms with van der Waals surface area (Å²) in [5.74, 6) is 0.563. The topological polar surface area (TPSA) is 66.7 Å². The third-order valence-electron chi connectivity index (χ3n) is 4.79. The van der Waals surface area contributed by atoms with Gasteiger partial charge in [0.2, 0.25) is 0 Å². The molecule has 0 unspecified atom stereocenters. The fourth-order valence-electron chi connectivity index (χ4n) is 3.62. The number of fused-ring (bicyclic) bond motifs is 1. The second-order valence-electron chi connectivity index (χ2n) is 6.29. The van der Waals surface area contributed by atoms with E-state index in [9.17, 15) is 9.90 Å². The predicted octanol–water partition coefficient (Wildman–Crippen LogP) is 2.75. The molecule has 0 radical (unpaired) electrons. The maximum Gasteiger partial charge on any atom is 0.340 e. The Morgan fingerprint density at radius 1 is 1.12 bits per heavy atom. The Bertz CT molecular complexity index is 958. The molecule has 2 heterocycles. The molecular weight excluding hydrogens is 330 g/mol. The van der Waals surface area contributed by atoms with Crippen LogP contribution in [0.4, 0.5) is 5.82 Å². The molecule has 3 aromatic rings. The number of methoxy groups -OCH3 is 1. The second-order valence-corrected chi connectivity index (χ2v) is 6.29. The highest BCUT2D eigenvalue weighted by Crippen LogP contribution is 2.36. The van der Waals surface area contributed by atoms with Crippen LogP contribution < -0.4 is 15.0 Å². The Morgan fingerprint density at radius 2 is 1.88 bits per heavy atom. The molecule has 1 aromatic heterocycles. The number of rotatable bonds is 4. The molecule has 0 amide bonds. The van der Waals surface area contributed by atoms with Crippen molar-refractivity contribution >= 4 is 22.7 Å². The van der Waals surface area contributed by atoms with Crippen LogP contribution in [0.3, 0.4) is 0 Å². The zero-order valence-corrected chi connectivity index (χ0v) is 14.6. The van der Waals surface area contributed by atoms with Gasteiger partial charge in [-0.05, 0) is 18.2 Å². The van der Waals surface area contributed by atoms with Crippen LogP contribution in [-0.4, -0.2) is 48.9 Å². The maximum atomic E-state index is 12.2. The lowest BCUT2D eigenvalue weighted by molar-refractivity contribution is 0.0699. The molecule has 6 nitrogen and oxygen atoms in total. The molecule has 6 heteroatoms. The van der Waals surface area contributed by atoms with Gasteiger partial charge in [0.25, 0.3) is 0 Å². The van der Waals surface area contributed by atoms with Crippen molar-refractivity contribution in [2.45, 2.75) is 0 Å². The largest absolute Gasteiger partial charge is 0.497 e. The fraction of sp³-hybridized carbons (Fsp3) is 0.250. The van der Waals surface area contributed by atoms with Gasteiger partial charge in [-0.1, -0.05) is 24.3 Å². The molecular formula is C20H21N3O3. The van der Waals surface area contributed by atoms with Gasteiger partial charge in [0.15, 0.2) is 0 Å². The Balaban J connectivity index is 2.04. The third-order valence-corrected chi connectivity index (χ3v) is 4.79. The quantitative estimate of drug-likeness (QED) is 0.757. The molecule has 2 N–H and O–H groups in total. The second kappa shape index (κ2) is 6.72. The van der Waals surface area contributed by atoms with E-state index in [4.69, 9.17) is 4.74 Å². The van der Waals surface area contributed by atoms with E-state index >= 15 is 0 Å². The van der Waals surface area contributed by atoms with Crippen molar-refractivity contribution in [3.8, 4) is 11.4 Å². The van der Waals surface area contributed by atoms with Crippen molar-refractivity contribution in [1.29, 1.82) is 0 Å². The Labute approximate surface area is 151 Å². The maximum absolute atomic E-state index is 12.2. The molecule has 134 valence electrons. The van der Waals surface area contributed by atoms with E-state index in [2.05, 4.69) is 10.2 Å². The summed E-state index contributed by atoms with van der Waals surface area (Å²) in [4.78, 5) is 14.3. The number of carboxylic acid groups (broad SMARTS) is 1. The molecule has 1 aliphatic rings. The number of aromatic nitrogens is 1. The summed E-state index contributed by atoms with van der Waals surface area (Å²) in [5, 5.41) is 14.0. The highest BCUT2D eigenvalue weighted by atomic mass is 16.5. The molecule has 0 bridgehead atoms. The summed E-state index contributed by atoms with van der Waals surface area (Å²) in [6, 6.07) is 15.4. The summed E-state index contributed by atoms with van der Waals surface area (Å²) < 4.78 is 7.41. The number of hydrogen-bond acceptors (Lipinski definition) is 4. The number of ether oxygens (including phenoxy) is 1. The van der Waals surface area contributed by atoms with Gasteiger partial charge < -0.3 is 20.1 Å². The number of nitrogens with zero attached hydrogens (tertiary/aromatic N) is 2. The van der Waals surface area contributed by atoms with E-state index in [1.54, 1.807) is 7.11 Å². The summed E-state index contributed by atoms with van der Waals surface area (Å²) in [6.45, 7) is 3.19. The number of para-hydroxylation sites is 1. The molecule has 0 aliphatic carbocycles. The minimum atomic E-state index is -0.906. The van der Waals surface area contributed by atoms with Crippen LogP contribution in [0.15, 0.2) is 48.5 Å². The lowest BCUT2D eigenvalue weighted by atomic mass is 10.1. The summed E-state index contributed by atoms with van der Waals surface area (Å²) in [6.07, 6.45) is 0. The number of benzene rings is 2. The first-order chi connectivity index (χ1) is 12.7. The molecule has 0 saturated carbocycles. The molecule has 0 spiro atoms. The van der Waals surface area contributed by atoms with Crippen LogP contribution >= 0.6 is 0 Å². The summed E-state index contributed by atoms with van der Waals surface area (Å²) in [5.41, 5.74) is 2.12. The standard InChI is InChI=1S/C20H21N3O3/c1-26-15-6-4-5-14(13-15)23-17-8-3-2-7-16(17)18(20(24)25)19(23)22-11-9-21-10-12-22/h2-8,13,21H,9-12H2,1H3,(H,24,25). The monoisotopic (exact) mass is 351 g/mol. The van der Waals surface area contributed by atoms with E-state index in [-0.39, 0.29) is 0 Å². The Hall–Kier alpha value is -2.99. The number of carboxylic acids is 1. The van der Waals surface area contributed by atoms with Crippen LogP contribution in [0.1, 0.15) is 10.4 Å². The smallest absolute Gasteiger partial charge is 0.340 e. The van der Waals surface area contributed by atoms with Gasteiger partial charge >= 0.3 is 5.97 Å². The van der Waals surface area contributed by atoms with Crippen molar-refractivity contribution in [3.05, 3.63) is 54.1 Å². The lowest BCUT2D eigenvalue weighted by Crippen LogP contribution is -2.44. The molecule has 0 atom stereocenters. The molecule has 2 aromatic carbocycles. The third kappa shape index (κ3) is 2.68. The molecule has 1 fully saturated rings. The first-order valence-corrected chi connectivity index (χ1v) is 8.67.